The second-order valence-electron chi connectivity index (χ2n) is 5.59. The van der Waals surface area contributed by atoms with Crippen LogP contribution in [-0.2, 0) is 0 Å². The van der Waals surface area contributed by atoms with E-state index < -0.39 is 0 Å². The van der Waals surface area contributed by atoms with E-state index in [1.54, 1.807) is 0 Å². The summed E-state index contributed by atoms with van der Waals surface area (Å²) in [5.41, 5.74) is 7.64. The van der Waals surface area contributed by atoms with Crippen molar-refractivity contribution in [1.82, 2.24) is 9.80 Å². The van der Waals surface area contributed by atoms with Crippen molar-refractivity contribution < 1.29 is 4.79 Å². The Bertz CT molecular complexity index is 457. The molecule has 0 aliphatic carbocycles. The summed E-state index contributed by atoms with van der Waals surface area (Å²) in [6, 6.07) is 7.84. The third-order valence-corrected chi connectivity index (χ3v) is 3.85. The minimum Gasteiger partial charge on any atom is -0.378 e. The van der Waals surface area contributed by atoms with E-state index >= 15 is 0 Å². The zero-order valence-electron chi connectivity index (χ0n) is 12.5. The highest BCUT2D eigenvalue weighted by atomic mass is 16.2. The zero-order valence-corrected chi connectivity index (χ0v) is 12.5. The van der Waals surface area contributed by atoms with Gasteiger partial charge in [-0.2, -0.15) is 0 Å². The average molecular weight is 276 g/mol. The largest absolute Gasteiger partial charge is 0.378 e. The highest BCUT2D eigenvalue weighted by Gasteiger charge is 2.28. The fourth-order valence-corrected chi connectivity index (χ4v) is 2.55. The van der Waals surface area contributed by atoms with Crippen LogP contribution >= 0.6 is 0 Å². The number of carbonyl (C=O) groups is 1. The first-order valence-corrected chi connectivity index (χ1v) is 7.00. The average Bonchev–Trinajstić information content (AvgIpc) is 2.46. The van der Waals surface area contributed by atoms with E-state index in [0.717, 1.165) is 30.9 Å². The molecule has 2 N–H and O–H groups in total. The van der Waals surface area contributed by atoms with Gasteiger partial charge in [-0.3, -0.25) is 4.79 Å². The van der Waals surface area contributed by atoms with Gasteiger partial charge < -0.3 is 20.4 Å². The number of likely N-dealkylation sites (N-methyl/N-ethyl adjacent to an activating group) is 1. The Hall–Kier alpha value is -1.59. The fraction of sp³-hybridized carbons (Fsp3) is 0.533. The molecule has 2 rings (SSSR count). The molecule has 1 amide bonds. The lowest BCUT2D eigenvalue weighted by atomic mass is 10.1. The van der Waals surface area contributed by atoms with Crippen LogP contribution in [0.4, 0.5) is 5.69 Å². The number of piperazine rings is 1. The first-order valence-electron chi connectivity index (χ1n) is 7.00. The molecule has 110 valence electrons. The minimum absolute atomic E-state index is 0.0823. The van der Waals surface area contributed by atoms with Crippen LogP contribution < -0.4 is 10.6 Å². The van der Waals surface area contributed by atoms with Crippen molar-refractivity contribution in [2.45, 2.75) is 6.04 Å². The molecule has 1 aromatic carbocycles. The lowest BCUT2D eigenvalue weighted by Gasteiger charge is -2.39. The summed E-state index contributed by atoms with van der Waals surface area (Å²) >= 11 is 0. The van der Waals surface area contributed by atoms with Gasteiger partial charge in [0.1, 0.15) is 0 Å². The van der Waals surface area contributed by atoms with Crippen LogP contribution in [0.2, 0.25) is 0 Å². The van der Waals surface area contributed by atoms with Gasteiger partial charge in [-0.15, -0.1) is 0 Å². The number of nitrogens with zero attached hydrogens (tertiary/aromatic N) is 3. The molecule has 0 bridgehead atoms. The van der Waals surface area contributed by atoms with Crippen molar-refractivity contribution in [3.63, 3.8) is 0 Å². The van der Waals surface area contributed by atoms with Gasteiger partial charge in [0, 0.05) is 51.5 Å². The first-order chi connectivity index (χ1) is 9.52. The molecule has 20 heavy (non-hydrogen) atoms. The quantitative estimate of drug-likeness (QED) is 0.872. The van der Waals surface area contributed by atoms with E-state index in [2.05, 4.69) is 11.9 Å². The van der Waals surface area contributed by atoms with Crippen LogP contribution in [0.5, 0.6) is 0 Å². The molecule has 5 heteroatoms. The smallest absolute Gasteiger partial charge is 0.254 e. The second-order valence-corrected chi connectivity index (χ2v) is 5.59. The summed E-state index contributed by atoms with van der Waals surface area (Å²) in [5.74, 6) is 0.0823. The molecule has 1 aliphatic heterocycles. The number of amides is 1. The molecule has 1 aromatic rings. The number of benzene rings is 1. The summed E-state index contributed by atoms with van der Waals surface area (Å²) in [6.45, 7) is 2.99. The molecule has 0 spiro atoms. The van der Waals surface area contributed by atoms with Gasteiger partial charge in [0.2, 0.25) is 0 Å². The highest BCUT2D eigenvalue weighted by molar-refractivity contribution is 5.94. The molecular weight excluding hydrogens is 252 g/mol. The van der Waals surface area contributed by atoms with Crippen LogP contribution in [-0.4, -0.2) is 69.1 Å². The van der Waals surface area contributed by atoms with Crippen molar-refractivity contribution >= 4 is 11.6 Å². The van der Waals surface area contributed by atoms with Gasteiger partial charge in [0.15, 0.2) is 0 Å². The third kappa shape index (κ3) is 3.11. The molecule has 1 unspecified atom stereocenters. The number of rotatable bonds is 3. The Morgan fingerprint density at radius 2 is 1.95 bits per heavy atom. The maximum atomic E-state index is 12.6. The fourth-order valence-electron chi connectivity index (χ4n) is 2.55. The Balaban J connectivity index is 2.13. The molecule has 5 nitrogen and oxygen atoms in total. The van der Waals surface area contributed by atoms with Gasteiger partial charge in [0.25, 0.3) is 5.91 Å². The Morgan fingerprint density at radius 3 is 2.50 bits per heavy atom. The van der Waals surface area contributed by atoms with Gasteiger partial charge in [-0.1, -0.05) is 0 Å². The maximum Gasteiger partial charge on any atom is 0.254 e. The zero-order chi connectivity index (χ0) is 14.7. The van der Waals surface area contributed by atoms with E-state index in [0.29, 0.717) is 6.54 Å². The highest BCUT2D eigenvalue weighted by Crippen LogP contribution is 2.16. The molecule has 1 heterocycles. The number of anilines is 1. The van der Waals surface area contributed by atoms with E-state index in [1.807, 2.05) is 48.2 Å². The van der Waals surface area contributed by atoms with E-state index in [1.165, 1.54) is 0 Å². The predicted octanol–water partition coefficient (Wildman–Crippen LogP) is 0.468. The molecule has 1 saturated heterocycles. The van der Waals surface area contributed by atoms with E-state index in [-0.39, 0.29) is 11.9 Å². The molecular formula is C15H24N4O. The number of hydrogen-bond acceptors (Lipinski definition) is 4. The normalized spacial score (nSPS) is 20.0. The maximum absolute atomic E-state index is 12.6. The summed E-state index contributed by atoms with van der Waals surface area (Å²) in [5, 5.41) is 0. The predicted molar refractivity (Wildman–Crippen MR) is 82.1 cm³/mol. The van der Waals surface area contributed by atoms with Crippen LogP contribution in [0.1, 0.15) is 10.4 Å². The van der Waals surface area contributed by atoms with E-state index in [9.17, 15) is 4.79 Å². The summed E-state index contributed by atoms with van der Waals surface area (Å²) in [7, 11) is 6.04. The lowest BCUT2D eigenvalue weighted by molar-refractivity contribution is 0.0516. The lowest BCUT2D eigenvalue weighted by Crippen LogP contribution is -2.56. The van der Waals surface area contributed by atoms with Crippen molar-refractivity contribution in [3.05, 3.63) is 29.8 Å². The van der Waals surface area contributed by atoms with Crippen molar-refractivity contribution in [3.8, 4) is 0 Å². The van der Waals surface area contributed by atoms with Gasteiger partial charge in [-0.25, -0.2) is 0 Å². The topological polar surface area (TPSA) is 52.8 Å². The van der Waals surface area contributed by atoms with Crippen LogP contribution in [0, 0.1) is 0 Å². The molecule has 1 fully saturated rings. The van der Waals surface area contributed by atoms with Crippen LogP contribution in [0.25, 0.3) is 0 Å². The third-order valence-electron chi connectivity index (χ3n) is 3.85. The molecule has 0 saturated carbocycles. The van der Waals surface area contributed by atoms with Crippen molar-refractivity contribution in [2.24, 2.45) is 5.73 Å². The second kappa shape index (κ2) is 6.24. The Morgan fingerprint density at radius 1 is 1.30 bits per heavy atom. The monoisotopic (exact) mass is 276 g/mol. The van der Waals surface area contributed by atoms with Gasteiger partial charge >= 0.3 is 0 Å². The van der Waals surface area contributed by atoms with Gasteiger partial charge in [0.05, 0.1) is 6.04 Å². The first kappa shape index (κ1) is 14.8. The molecule has 1 atom stereocenters. The number of carbonyl (C=O) groups excluding carboxylic acids is 1. The Labute approximate surface area is 120 Å². The van der Waals surface area contributed by atoms with Crippen LogP contribution in [0.15, 0.2) is 24.3 Å². The summed E-state index contributed by atoms with van der Waals surface area (Å²) < 4.78 is 0. The molecule has 0 aromatic heterocycles. The SMILES string of the molecule is CN1CCN(C(=O)c2ccc(N(C)C)cc2)C(CN)C1. The summed E-state index contributed by atoms with van der Waals surface area (Å²) in [4.78, 5) is 18.7. The standard InChI is InChI=1S/C15H24N4O/c1-17(2)13-6-4-12(5-7-13)15(20)19-9-8-18(3)11-14(19)10-16/h4-7,14H,8-11,16H2,1-3H3. The summed E-state index contributed by atoms with van der Waals surface area (Å²) in [6.07, 6.45) is 0. The van der Waals surface area contributed by atoms with Crippen molar-refractivity contribution in [1.29, 1.82) is 0 Å². The minimum atomic E-state index is 0.0823. The van der Waals surface area contributed by atoms with Crippen molar-refractivity contribution in [2.75, 3.05) is 52.2 Å². The van der Waals surface area contributed by atoms with Gasteiger partial charge in [-0.05, 0) is 31.3 Å². The number of hydrogen-bond donors (Lipinski definition) is 1. The molecule has 1 aliphatic rings. The molecule has 0 radical (unpaired) electrons. The van der Waals surface area contributed by atoms with E-state index in [4.69, 9.17) is 5.73 Å². The number of nitrogens with two attached hydrogens (primary N) is 1. The Kier molecular flexibility index (Phi) is 4.62. The van der Waals surface area contributed by atoms with Crippen LogP contribution in [0.3, 0.4) is 0 Å².